The van der Waals surface area contributed by atoms with Gasteiger partial charge in [-0.1, -0.05) is 0 Å². The number of hydrogen-bond donors (Lipinski definition) is 1. The van der Waals surface area contributed by atoms with E-state index in [1.807, 2.05) is 28.7 Å². The highest BCUT2D eigenvalue weighted by atomic mass is 32.1. The monoisotopic (exact) mass is 277 g/mol. The topological polar surface area (TPSA) is 58.2 Å². The molecular formula is C13H15N3O2S. The highest BCUT2D eigenvalue weighted by molar-refractivity contribution is 7.08. The first-order chi connectivity index (χ1) is 9.24. The van der Waals surface area contributed by atoms with E-state index in [0.717, 1.165) is 17.1 Å². The van der Waals surface area contributed by atoms with E-state index in [1.165, 1.54) is 11.3 Å². The second-order valence-corrected chi connectivity index (χ2v) is 5.35. The van der Waals surface area contributed by atoms with Gasteiger partial charge in [0.1, 0.15) is 11.9 Å². The molecule has 3 heterocycles. The Morgan fingerprint density at radius 1 is 1.63 bits per heavy atom. The molecule has 0 unspecified atom stereocenters. The molecular weight excluding hydrogens is 262 g/mol. The van der Waals surface area contributed by atoms with Gasteiger partial charge in [0.2, 0.25) is 0 Å². The smallest absolute Gasteiger partial charge is 0.254 e. The number of hydrogen-bond acceptors (Lipinski definition) is 4. The van der Waals surface area contributed by atoms with Gasteiger partial charge in [-0.2, -0.15) is 11.3 Å². The van der Waals surface area contributed by atoms with Crippen molar-refractivity contribution in [3.05, 3.63) is 40.1 Å². The summed E-state index contributed by atoms with van der Waals surface area (Å²) in [5.41, 5.74) is 1.75. The fourth-order valence-corrected chi connectivity index (χ4v) is 2.79. The third-order valence-electron chi connectivity index (χ3n) is 3.15. The number of amides is 1. The molecule has 0 radical (unpaired) electrons. The van der Waals surface area contributed by atoms with Gasteiger partial charge in [0, 0.05) is 23.8 Å². The summed E-state index contributed by atoms with van der Waals surface area (Å²) in [5, 5.41) is 3.80. The second kappa shape index (κ2) is 5.14. The molecule has 1 N–H and O–H groups in total. The molecule has 2 aromatic heterocycles. The molecule has 0 saturated carbocycles. The summed E-state index contributed by atoms with van der Waals surface area (Å²) in [6.07, 6.45) is 1.61. The number of H-pyrrole nitrogens is 1. The lowest BCUT2D eigenvalue weighted by Gasteiger charge is -2.31. The van der Waals surface area contributed by atoms with Gasteiger partial charge in [0.05, 0.1) is 18.7 Å². The van der Waals surface area contributed by atoms with Crippen LogP contribution in [0.4, 0.5) is 0 Å². The van der Waals surface area contributed by atoms with E-state index in [4.69, 9.17) is 4.74 Å². The molecule has 2 aromatic rings. The summed E-state index contributed by atoms with van der Waals surface area (Å²) in [6.45, 7) is 3.67. The van der Waals surface area contributed by atoms with Gasteiger partial charge in [0.25, 0.3) is 5.91 Å². The first kappa shape index (κ1) is 12.4. The summed E-state index contributed by atoms with van der Waals surface area (Å²) in [4.78, 5) is 21.6. The Kier molecular flexibility index (Phi) is 3.35. The molecule has 5 nitrogen and oxygen atoms in total. The minimum atomic E-state index is -0.162. The number of rotatable bonds is 2. The molecule has 0 spiro atoms. The average molecular weight is 277 g/mol. The Bertz CT molecular complexity index is 564. The number of carbonyl (C=O) groups excluding carboxylic acids is 1. The van der Waals surface area contributed by atoms with Crippen LogP contribution in [0.2, 0.25) is 0 Å². The van der Waals surface area contributed by atoms with Crippen molar-refractivity contribution >= 4 is 17.2 Å². The number of carbonyl (C=O) groups is 1. The molecule has 6 heteroatoms. The maximum atomic E-state index is 12.3. The molecule has 3 rings (SSSR count). The first-order valence-electron chi connectivity index (χ1n) is 6.18. The van der Waals surface area contributed by atoms with Crippen LogP contribution in [-0.4, -0.2) is 40.5 Å². The Balaban J connectivity index is 1.73. The molecule has 1 aliphatic rings. The van der Waals surface area contributed by atoms with E-state index in [0.29, 0.717) is 19.7 Å². The Labute approximate surface area is 115 Å². The standard InChI is InChI=1S/C13H15N3O2S/c1-9-6-14-12(15-9)11-7-16(3-4-18-11)13(17)10-2-5-19-8-10/h2,5-6,8,11H,3-4,7H2,1H3,(H,14,15)/t11-/m0/s1. The molecule has 1 atom stereocenters. The first-order valence-corrected chi connectivity index (χ1v) is 7.13. The van der Waals surface area contributed by atoms with Crippen molar-refractivity contribution in [2.75, 3.05) is 19.7 Å². The van der Waals surface area contributed by atoms with Gasteiger partial charge >= 0.3 is 0 Å². The summed E-state index contributed by atoms with van der Waals surface area (Å²) in [7, 11) is 0. The number of aryl methyl sites for hydroxylation is 1. The van der Waals surface area contributed by atoms with Crippen LogP contribution in [-0.2, 0) is 4.74 Å². The number of imidazole rings is 1. The largest absolute Gasteiger partial charge is 0.367 e. The molecule has 1 amide bonds. The molecule has 1 aliphatic heterocycles. The fraction of sp³-hybridized carbons (Fsp3) is 0.385. The Morgan fingerprint density at radius 3 is 3.21 bits per heavy atom. The van der Waals surface area contributed by atoms with Crippen molar-refractivity contribution < 1.29 is 9.53 Å². The second-order valence-electron chi connectivity index (χ2n) is 4.57. The van der Waals surface area contributed by atoms with Crippen molar-refractivity contribution in [3.63, 3.8) is 0 Å². The van der Waals surface area contributed by atoms with Gasteiger partial charge in [-0.15, -0.1) is 0 Å². The highest BCUT2D eigenvalue weighted by Gasteiger charge is 2.27. The number of ether oxygens (including phenoxy) is 1. The third kappa shape index (κ3) is 2.54. The van der Waals surface area contributed by atoms with Crippen LogP contribution in [0.1, 0.15) is 28.0 Å². The van der Waals surface area contributed by atoms with Crippen LogP contribution in [0, 0.1) is 6.92 Å². The number of morpholine rings is 1. The molecule has 1 saturated heterocycles. The average Bonchev–Trinajstić information content (AvgIpc) is 3.09. The SMILES string of the molecule is Cc1cnc([C@@H]2CN(C(=O)c3ccsc3)CCO2)[nH]1. The maximum Gasteiger partial charge on any atom is 0.254 e. The van der Waals surface area contributed by atoms with Gasteiger partial charge in [0.15, 0.2) is 0 Å². The maximum absolute atomic E-state index is 12.3. The fourth-order valence-electron chi connectivity index (χ4n) is 2.16. The van der Waals surface area contributed by atoms with Gasteiger partial charge in [-0.3, -0.25) is 4.79 Å². The predicted octanol–water partition coefficient (Wildman–Crippen LogP) is 1.99. The van der Waals surface area contributed by atoms with E-state index in [-0.39, 0.29) is 12.0 Å². The Hall–Kier alpha value is -1.66. The van der Waals surface area contributed by atoms with Gasteiger partial charge < -0.3 is 14.6 Å². The van der Waals surface area contributed by atoms with Crippen molar-refractivity contribution in [1.82, 2.24) is 14.9 Å². The van der Waals surface area contributed by atoms with Crippen LogP contribution >= 0.6 is 11.3 Å². The van der Waals surface area contributed by atoms with Crippen LogP contribution in [0.3, 0.4) is 0 Å². The molecule has 0 aromatic carbocycles. The lowest BCUT2D eigenvalue weighted by molar-refractivity contribution is -0.0264. The van der Waals surface area contributed by atoms with Crippen molar-refractivity contribution in [1.29, 1.82) is 0 Å². The van der Waals surface area contributed by atoms with Crippen LogP contribution in [0.15, 0.2) is 23.0 Å². The minimum absolute atomic E-state index is 0.0674. The van der Waals surface area contributed by atoms with Gasteiger partial charge in [-0.05, 0) is 18.4 Å². The number of aromatic nitrogens is 2. The van der Waals surface area contributed by atoms with E-state index in [2.05, 4.69) is 9.97 Å². The molecule has 19 heavy (non-hydrogen) atoms. The normalized spacial score (nSPS) is 19.6. The summed E-state index contributed by atoms with van der Waals surface area (Å²) < 4.78 is 5.69. The lowest BCUT2D eigenvalue weighted by Crippen LogP contribution is -2.42. The number of aromatic amines is 1. The highest BCUT2D eigenvalue weighted by Crippen LogP contribution is 2.21. The van der Waals surface area contributed by atoms with Crippen LogP contribution in [0.5, 0.6) is 0 Å². The zero-order valence-corrected chi connectivity index (χ0v) is 11.4. The van der Waals surface area contributed by atoms with E-state index >= 15 is 0 Å². The lowest BCUT2D eigenvalue weighted by atomic mass is 10.2. The van der Waals surface area contributed by atoms with Crippen LogP contribution in [0.25, 0.3) is 0 Å². The number of nitrogens with one attached hydrogen (secondary N) is 1. The molecule has 0 bridgehead atoms. The summed E-state index contributed by atoms with van der Waals surface area (Å²) >= 11 is 1.54. The van der Waals surface area contributed by atoms with E-state index < -0.39 is 0 Å². The summed E-state index contributed by atoms with van der Waals surface area (Å²) in [6, 6.07) is 1.86. The number of nitrogens with zero attached hydrogens (tertiary/aromatic N) is 2. The van der Waals surface area contributed by atoms with Crippen molar-refractivity contribution in [3.8, 4) is 0 Å². The van der Waals surface area contributed by atoms with Crippen LogP contribution < -0.4 is 0 Å². The van der Waals surface area contributed by atoms with Crippen molar-refractivity contribution in [2.45, 2.75) is 13.0 Å². The molecule has 1 fully saturated rings. The van der Waals surface area contributed by atoms with Crippen molar-refractivity contribution in [2.24, 2.45) is 0 Å². The summed E-state index contributed by atoms with van der Waals surface area (Å²) in [5.74, 6) is 0.859. The van der Waals surface area contributed by atoms with Gasteiger partial charge in [-0.25, -0.2) is 4.98 Å². The zero-order valence-electron chi connectivity index (χ0n) is 10.6. The zero-order chi connectivity index (χ0) is 13.2. The number of thiophene rings is 1. The van der Waals surface area contributed by atoms with E-state index in [1.54, 1.807) is 6.20 Å². The molecule has 100 valence electrons. The quantitative estimate of drug-likeness (QED) is 0.913. The predicted molar refractivity (Wildman–Crippen MR) is 72.2 cm³/mol. The van der Waals surface area contributed by atoms with E-state index in [9.17, 15) is 4.79 Å². The molecule has 0 aliphatic carbocycles. The third-order valence-corrected chi connectivity index (χ3v) is 3.83. The minimum Gasteiger partial charge on any atom is -0.367 e. The Morgan fingerprint density at radius 2 is 2.53 bits per heavy atom.